The average Bonchev–Trinajstić information content (AvgIpc) is 3.29. The van der Waals surface area contributed by atoms with E-state index in [2.05, 4.69) is 41.4 Å². The highest BCUT2D eigenvalue weighted by molar-refractivity contribution is 9.10. The molecule has 0 spiro atoms. The van der Waals surface area contributed by atoms with Crippen LogP contribution in [0.1, 0.15) is 18.4 Å². The second-order valence-corrected chi connectivity index (χ2v) is 9.33. The monoisotopic (exact) mass is 554 g/mol. The van der Waals surface area contributed by atoms with Gasteiger partial charge in [-0.3, -0.25) is 0 Å². The van der Waals surface area contributed by atoms with Gasteiger partial charge in [0.05, 0.1) is 16.4 Å². The molecule has 6 nitrogen and oxygen atoms in total. The van der Waals surface area contributed by atoms with Crippen LogP contribution in [-0.2, 0) is 13.1 Å². The van der Waals surface area contributed by atoms with Crippen LogP contribution in [0.15, 0.2) is 59.7 Å². The first-order valence-corrected chi connectivity index (χ1v) is 12.2. The van der Waals surface area contributed by atoms with Crippen molar-refractivity contribution in [1.82, 2.24) is 25.2 Å². The molecule has 0 saturated heterocycles. The van der Waals surface area contributed by atoms with Crippen LogP contribution in [-0.4, -0.2) is 39.3 Å². The van der Waals surface area contributed by atoms with Crippen LogP contribution in [0.3, 0.4) is 0 Å². The summed E-state index contributed by atoms with van der Waals surface area (Å²) in [5.74, 6) is 0.920. The van der Waals surface area contributed by atoms with E-state index < -0.39 is 0 Å². The highest BCUT2D eigenvalue weighted by Gasteiger charge is 2.10. The molecule has 32 heavy (non-hydrogen) atoms. The Bertz CT molecular complexity index is 985. The van der Waals surface area contributed by atoms with Gasteiger partial charge in [-0.25, -0.2) is 9.97 Å². The minimum Gasteiger partial charge on any atom is -0.363 e. The number of imidazole rings is 1. The lowest BCUT2D eigenvalue weighted by Gasteiger charge is -2.24. The van der Waals surface area contributed by atoms with Gasteiger partial charge in [0, 0.05) is 55.8 Å². The molecular weight excluding hydrogens is 531 g/mol. The molecule has 0 bridgehead atoms. The smallest absolute Gasteiger partial charge is 0.166 e. The minimum atomic E-state index is 0.560. The van der Waals surface area contributed by atoms with Gasteiger partial charge >= 0.3 is 0 Å². The molecular formula is C22H25BrCl2N6S. The summed E-state index contributed by atoms with van der Waals surface area (Å²) in [5, 5.41) is 8.28. The maximum absolute atomic E-state index is 6.20. The van der Waals surface area contributed by atoms with E-state index in [-0.39, 0.29) is 0 Å². The maximum Gasteiger partial charge on any atom is 0.166 e. The van der Waals surface area contributed by atoms with Crippen molar-refractivity contribution >= 4 is 62.3 Å². The topological polar surface area (TPSA) is 58.0 Å². The van der Waals surface area contributed by atoms with Crippen molar-refractivity contribution in [3.05, 3.63) is 75.3 Å². The molecule has 1 aromatic carbocycles. The Kier molecular flexibility index (Phi) is 10.1. The van der Waals surface area contributed by atoms with Gasteiger partial charge in [0.1, 0.15) is 5.82 Å². The molecule has 0 aliphatic heterocycles. The van der Waals surface area contributed by atoms with Gasteiger partial charge in [0.15, 0.2) is 5.11 Å². The molecule has 0 amide bonds. The van der Waals surface area contributed by atoms with Gasteiger partial charge in [-0.1, -0.05) is 29.3 Å². The van der Waals surface area contributed by atoms with E-state index in [1.54, 1.807) is 12.5 Å². The number of hydrogen-bond acceptors (Lipinski definition) is 4. The summed E-state index contributed by atoms with van der Waals surface area (Å²) >= 11 is 21.1. The molecule has 0 atom stereocenters. The molecule has 0 radical (unpaired) electrons. The normalized spacial score (nSPS) is 10.7. The van der Waals surface area contributed by atoms with Crippen molar-refractivity contribution in [2.75, 3.05) is 24.5 Å². The van der Waals surface area contributed by atoms with Crippen molar-refractivity contribution in [3.8, 4) is 0 Å². The van der Waals surface area contributed by atoms with Crippen LogP contribution in [0.2, 0.25) is 10.0 Å². The Morgan fingerprint density at radius 3 is 2.66 bits per heavy atom. The Balaban J connectivity index is 1.44. The molecule has 0 fully saturated rings. The molecule has 170 valence electrons. The third-order valence-corrected chi connectivity index (χ3v) is 6.25. The summed E-state index contributed by atoms with van der Waals surface area (Å²) in [6, 6.07) is 9.75. The highest BCUT2D eigenvalue weighted by atomic mass is 79.9. The lowest BCUT2D eigenvalue weighted by Crippen LogP contribution is -2.37. The lowest BCUT2D eigenvalue weighted by molar-refractivity contribution is 0.647. The second kappa shape index (κ2) is 13.0. The summed E-state index contributed by atoms with van der Waals surface area (Å²) in [4.78, 5) is 10.8. The number of nitrogens with zero attached hydrogens (tertiary/aromatic N) is 4. The molecule has 3 rings (SSSR count). The first-order chi connectivity index (χ1) is 15.5. The molecule has 2 N–H and O–H groups in total. The van der Waals surface area contributed by atoms with Crippen LogP contribution in [0.25, 0.3) is 0 Å². The van der Waals surface area contributed by atoms with Gasteiger partial charge in [0.25, 0.3) is 0 Å². The van der Waals surface area contributed by atoms with E-state index in [4.69, 9.17) is 35.4 Å². The largest absolute Gasteiger partial charge is 0.363 e. The standard InChI is InChI=1S/C22H25BrCl2N6S/c23-18-4-6-21(29-14-18)31(15-17-3-5-19(24)20(25)13-17)10-2-1-7-27-22(32)28-9-12-30-11-8-26-16-30/h3-6,8,11,13-14,16H,1-2,7,9-10,12,15H2,(H2,27,28,32). The van der Waals surface area contributed by atoms with Crippen LogP contribution in [0.4, 0.5) is 5.82 Å². The number of benzene rings is 1. The van der Waals surface area contributed by atoms with Crippen LogP contribution in [0.5, 0.6) is 0 Å². The molecule has 2 heterocycles. The summed E-state index contributed by atoms with van der Waals surface area (Å²) < 4.78 is 2.96. The fraction of sp³-hybridized carbons (Fsp3) is 0.318. The third kappa shape index (κ3) is 8.24. The van der Waals surface area contributed by atoms with E-state index in [9.17, 15) is 0 Å². The number of unbranched alkanes of at least 4 members (excludes halogenated alkanes) is 1. The quantitative estimate of drug-likeness (QED) is 0.247. The van der Waals surface area contributed by atoms with E-state index in [0.29, 0.717) is 21.7 Å². The SMILES string of the molecule is S=C(NCCCCN(Cc1ccc(Cl)c(Cl)c1)c1ccc(Br)cn1)NCCn1ccnc1. The second-order valence-electron chi connectivity index (χ2n) is 7.19. The van der Waals surface area contributed by atoms with E-state index in [1.165, 1.54) is 0 Å². The van der Waals surface area contributed by atoms with Gasteiger partial charge < -0.3 is 20.1 Å². The number of hydrogen-bond donors (Lipinski definition) is 2. The predicted molar refractivity (Wildman–Crippen MR) is 140 cm³/mol. The number of halogens is 3. The zero-order valence-corrected chi connectivity index (χ0v) is 21.4. The maximum atomic E-state index is 6.20. The molecule has 0 aliphatic carbocycles. The summed E-state index contributed by atoms with van der Waals surface area (Å²) in [6.07, 6.45) is 9.28. The van der Waals surface area contributed by atoms with E-state index >= 15 is 0 Å². The molecule has 2 aromatic heterocycles. The Morgan fingerprint density at radius 2 is 1.94 bits per heavy atom. The van der Waals surface area contributed by atoms with E-state index in [0.717, 1.165) is 54.9 Å². The van der Waals surface area contributed by atoms with Crippen LogP contribution >= 0.6 is 51.3 Å². The van der Waals surface area contributed by atoms with Gasteiger partial charge in [-0.15, -0.1) is 0 Å². The average molecular weight is 556 g/mol. The van der Waals surface area contributed by atoms with Crippen molar-refractivity contribution in [2.24, 2.45) is 0 Å². The number of thiocarbonyl (C=S) groups is 1. The Labute approximate surface area is 212 Å². The Morgan fingerprint density at radius 1 is 1.09 bits per heavy atom. The summed E-state index contributed by atoms with van der Waals surface area (Å²) in [5.41, 5.74) is 1.09. The first-order valence-electron chi connectivity index (χ1n) is 10.3. The number of rotatable bonds is 11. The molecule has 10 heteroatoms. The van der Waals surface area contributed by atoms with Crippen molar-refractivity contribution in [2.45, 2.75) is 25.9 Å². The zero-order chi connectivity index (χ0) is 22.8. The van der Waals surface area contributed by atoms with Gasteiger partial charge in [0.2, 0.25) is 0 Å². The van der Waals surface area contributed by atoms with Gasteiger partial charge in [-0.2, -0.15) is 0 Å². The van der Waals surface area contributed by atoms with Crippen molar-refractivity contribution < 1.29 is 0 Å². The molecule has 0 aliphatic rings. The van der Waals surface area contributed by atoms with E-state index in [1.807, 2.05) is 47.3 Å². The minimum absolute atomic E-state index is 0.560. The number of pyridine rings is 1. The Hall–Kier alpha value is -1.87. The fourth-order valence-corrected chi connectivity index (χ4v) is 3.86. The van der Waals surface area contributed by atoms with Crippen molar-refractivity contribution in [1.29, 1.82) is 0 Å². The lowest BCUT2D eigenvalue weighted by atomic mass is 10.2. The van der Waals surface area contributed by atoms with Crippen LogP contribution in [0, 0.1) is 0 Å². The number of anilines is 1. The predicted octanol–water partition coefficient (Wildman–Crippen LogP) is 5.30. The van der Waals surface area contributed by atoms with Crippen molar-refractivity contribution in [3.63, 3.8) is 0 Å². The first kappa shape index (κ1) is 24.8. The number of aromatic nitrogens is 3. The summed E-state index contributed by atoms with van der Waals surface area (Å²) in [6.45, 7) is 3.95. The fourth-order valence-electron chi connectivity index (χ4n) is 3.10. The molecule has 0 saturated carbocycles. The zero-order valence-electron chi connectivity index (χ0n) is 17.5. The molecule has 3 aromatic rings. The number of nitrogens with one attached hydrogen (secondary N) is 2. The van der Waals surface area contributed by atoms with Crippen LogP contribution < -0.4 is 15.5 Å². The highest BCUT2D eigenvalue weighted by Crippen LogP contribution is 2.25. The third-order valence-electron chi connectivity index (χ3n) is 4.75. The van der Waals surface area contributed by atoms with Gasteiger partial charge in [-0.05, 0) is 70.8 Å². The summed E-state index contributed by atoms with van der Waals surface area (Å²) in [7, 11) is 0. The molecule has 0 unspecified atom stereocenters.